The van der Waals surface area contributed by atoms with Gasteiger partial charge in [0.1, 0.15) is 0 Å². The van der Waals surface area contributed by atoms with Crippen LogP contribution in [0.15, 0.2) is 42.5 Å². The van der Waals surface area contributed by atoms with Gasteiger partial charge in [-0.3, -0.25) is 4.79 Å². The van der Waals surface area contributed by atoms with Gasteiger partial charge in [-0.15, -0.1) is 0 Å². The van der Waals surface area contributed by atoms with E-state index in [1.165, 1.54) is 6.92 Å². The van der Waals surface area contributed by atoms with Gasteiger partial charge in [0.05, 0.1) is 5.56 Å². The zero-order valence-electron chi connectivity index (χ0n) is 11.3. The van der Waals surface area contributed by atoms with Crippen LogP contribution in [-0.4, -0.2) is 17.0 Å². The number of benzene rings is 2. The van der Waals surface area contributed by atoms with Crippen molar-refractivity contribution in [3.8, 4) is 11.1 Å². The maximum Gasteiger partial charge on any atom is 0.335 e. The van der Waals surface area contributed by atoms with Gasteiger partial charge in [-0.2, -0.15) is 0 Å². The van der Waals surface area contributed by atoms with Gasteiger partial charge in [0.15, 0.2) is 0 Å². The number of rotatable bonds is 3. The number of hydrogen-bond donors (Lipinski definition) is 2. The molecule has 2 rings (SSSR count). The first kappa shape index (κ1) is 13.8. The summed E-state index contributed by atoms with van der Waals surface area (Å²) >= 11 is 0. The van der Waals surface area contributed by atoms with Crippen molar-refractivity contribution in [1.29, 1.82) is 0 Å². The van der Waals surface area contributed by atoms with Gasteiger partial charge in [-0.05, 0) is 47.9 Å². The SMILES string of the molecule is CC(=O)Nc1ccc(C)c(-c2ccc(C(=O)O)cc2)c1. The molecule has 0 aromatic heterocycles. The second-order valence-electron chi connectivity index (χ2n) is 4.59. The number of aromatic carboxylic acids is 1. The highest BCUT2D eigenvalue weighted by Crippen LogP contribution is 2.27. The summed E-state index contributed by atoms with van der Waals surface area (Å²) in [5.74, 6) is -1.07. The van der Waals surface area contributed by atoms with E-state index in [0.29, 0.717) is 0 Å². The lowest BCUT2D eigenvalue weighted by atomic mass is 9.99. The first-order valence-electron chi connectivity index (χ1n) is 6.19. The highest BCUT2D eigenvalue weighted by molar-refractivity contribution is 5.90. The molecule has 0 aliphatic carbocycles. The molecular weight excluding hydrogens is 254 g/mol. The van der Waals surface area contributed by atoms with E-state index in [2.05, 4.69) is 5.32 Å². The van der Waals surface area contributed by atoms with Crippen molar-refractivity contribution >= 4 is 17.6 Å². The third kappa shape index (κ3) is 3.03. The van der Waals surface area contributed by atoms with Crippen molar-refractivity contribution in [2.45, 2.75) is 13.8 Å². The molecule has 0 heterocycles. The molecule has 0 aliphatic heterocycles. The average Bonchev–Trinajstić information content (AvgIpc) is 2.40. The van der Waals surface area contributed by atoms with Crippen molar-refractivity contribution < 1.29 is 14.7 Å². The van der Waals surface area contributed by atoms with Gasteiger partial charge < -0.3 is 10.4 Å². The Bertz CT molecular complexity index is 660. The molecule has 2 N–H and O–H groups in total. The molecule has 1 amide bonds. The summed E-state index contributed by atoms with van der Waals surface area (Å²) in [5.41, 5.74) is 3.92. The summed E-state index contributed by atoms with van der Waals surface area (Å²) < 4.78 is 0. The van der Waals surface area contributed by atoms with Gasteiger partial charge in [0.25, 0.3) is 0 Å². The minimum Gasteiger partial charge on any atom is -0.478 e. The summed E-state index contributed by atoms with van der Waals surface area (Å²) in [5, 5.41) is 11.6. The van der Waals surface area contributed by atoms with E-state index in [0.717, 1.165) is 22.4 Å². The highest BCUT2D eigenvalue weighted by atomic mass is 16.4. The van der Waals surface area contributed by atoms with E-state index >= 15 is 0 Å². The van der Waals surface area contributed by atoms with Gasteiger partial charge in [-0.1, -0.05) is 18.2 Å². The largest absolute Gasteiger partial charge is 0.478 e. The maximum absolute atomic E-state index is 11.1. The fraction of sp³-hybridized carbons (Fsp3) is 0.125. The topological polar surface area (TPSA) is 66.4 Å². The van der Waals surface area contributed by atoms with E-state index in [4.69, 9.17) is 5.11 Å². The summed E-state index contributed by atoms with van der Waals surface area (Å²) in [4.78, 5) is 21.9. The number of nitrogens with one attached hydrogen (secondary N) is 1. The second-order valence-corrected chi connectivity index (χ2v) is 4.59. The predicted octanol–water partition coefficient (Wildman–Crippen LogP) is 3.32. The van der Waals surface area contributed by atoms with E-state index in [1.54, 1.807) is 24.3 Å². The summed E-state index contributed by atoms with van der Waals surface area (Å²) in [6.07, 6.45) is 0. The Morgan fingerprint density at radius 3 is 2.25 bits per heavy atom. The Labute approximate surface area is 117 Å². The molecule has 0 aliphatic rings. The molecule has 0 bridgehead atoms. The number of anilines is 1. The predicted molar refractivity (Wildman–Crippen MR) is 77.9 cm³/mol. The van der Waals surface area contributed by atoms with Crippen LogP contribution in [0.3, 0.4) is 0 Å². The molecule has 0 saturated heterocycles. The van der Waals surface area contributed by atoms with Gasteiger partial charge >= 0.3 is 5.97 Å². The van der Waals surface area contributed by atoms with E-state index < -0.39 is 5.97 Å². The maximum atomic E-state index is 11.1. The van der Waals surface area contributed by atoms with Crippen LogP contribution in [0, 0.1) is 6.92 Å². The number of carbonyl (C=O) groups excluding carboxylic acids is 1. The first-order chi connectivity index (χ1) is 9.47. The fourth-order valence-corrected chi connectivity index (χ4v) is 2.01. The normalized spacial score (nSPS) is 10.1. The first-order valence-corrected chi connectivity index (χ1v) is 6.19. The number of aryl methyl sites for hydroxylation is 1. The number of carboxylic acids is 1. The van der Waals surface area contributed by atoms with E-state index in [9.17, 15) is 9.59 Å². The zero-order chi connectivity index (χ0) is 14.7. The minimum atomic E-state index is -0.944. The lowest BCUT2D eigenvalue weighted by molar-refractivity contribution is -0.114. The van der Waals surface area contributed by atoms with Gasteiger partial charge in [-0.25, -0.2) is 4.79 Å². The number of carbonyl (C=O) groups is 2. The molecule has 0 fully saturated rings. The monoisotopic (exact) mass is 269 g/mol. The van der Waals surface area contributed by atoms with Gasteiger partial charge in [0.2, 0.25) is 5.91 Å². The summed E-state index contributed by atoms with van der Waals surface area (Å²) in [7, 11) is 0. The Balaban J connectivity index is 2.40. The third-order valence-corrected chi connectivity index (χ3v) is 3.00. The van der Waals surface area contributed by atoms with Crippen LogP contribution < -0.4 is 5.32 Å². The number of amides is 1. The van der Waals surface area contributed by atoms with E-state index in [-0.39, 0.29) is 11.5 Å². The molecule has 0 atom stereocenters. The Hall–Kier alpha value is -2.62. The zero-order valence-corrected chi connectivity index (χ0v) is 11.3. The molecule has 20 heavy (non-hydrogen) atoms. The van der Waals surface area contributed by atoms with Crippen LogP contribution in [0.25, 0.3) is 11.1 Å². The molecule has 0 spiro atoms. The lowest BCUT2D eigenvalue weighted by Gasteiger charge is -2.10. The van der Waals surface area contributed by atoms with Crippen LogP contribution in [0.1, 0.15) is 22.8 Å². The van der Waals surface area contributed by atoms with Crippen molar-refractivity contribution in [2.75, 3.05) is 5.32 Å². The molecule has 0 radical (unpaired) electrons. The van der Waals surface area contributed by atoms with Crippen LogP contribution in [0.5, 0.6) is 0 Å². The van der Waals surface area contributed by atoms with E-state index in [1.807, 2.05) is 25.1 Å². The smallest absolute Gasteiger partial charge is 0.335 e. The molecule has 2 aromatic rings. The van der Waals surface area contributed by atoms with Crippen LogP contribution in [0.4, 0.5) is 5.69 Å². The Morgan fingerprint density at radius 2 is 1.70 bits per heavy atom. The second kappa shape index (κ2) is 5.57. The molecule has 2 aromatic carbocycles. The Morgan fingerprint density at radius 1 is 1.05 bits per heavy atom. The molecule has 0 saturated carbocycles. The van der Waals surface area contributed by atoms with Crippen molar-refractivity contribution in [2.24, 2.45) is 0 Å². The Kier molecular flexibility index (Phi) is 3.84. The number of hydrogen-bond acceptors (Lipinski definition) is 2. The van der Waals surface area contributed by atoms with Crippen molar-refractivity contribution in [1.82, 2.24) is 0 Å². The number of carboxylic acid groups (broad SMARTS) is 1. The summed E-state index contributed by atoms with van der Waals surface area (Å²) in [6, 6.07) is 12.3. The van der Waals surface area contributed by atoms with Crippen molar-refractivity contribution in [3.05, 3.63) is 53.6 Å². The average molecular weight is 269 g/mol. The van der Waals surface area contributed by atoms with Crippen molar-refractivity contribution in [3.63, 3.8) is 0 Å². The van der Waals surface area contributed by atoms with Crippen LogP contribution in [-0.2, 0) is 4.79 Å². The highest BCUT2D eigenvalue weighted by Gasteiger charge is 2.06. The molecular formula is C16H15NO3. The van der Waals surface area contributed by atoms with Gasteiger partial charge in [0, 0.05) is 12.6 Å². The molecule has 102 valence electrons. The third-order valence-electron chi connectivity index (χ3n) is 3.00. The molecule has 0 unspecified atom stereocenters. The summed E-state index contributed by atoms with van der Waals surface area (Å²) in [6.45, 7) is 3.43. The quantitative estimate of drug-likeness (QED) is 0.898. The fourth-order valence-electron chi connectivity index (χ4n) is 2.01. The standard InChI is InChI=1S/C16H15NO3/c1-10-3-8-14(17-11(2)18)9-15(10)12-4-6-13(7-5-12)16(19)20/h3-9H,1-2H3,(H,17,18)(H,19,20). The van der Waals surface area contributed by atoms with Crippen LogP contribution >= 0.6 is 0 Å². The molecule has 4 nitrogen and oxygen atoms in total. The minimum absolute atomic E-state index is 0.124. The lowest BCUT2D eigenvalue weighted by Crippen LogP contribution is -2.05. The molecule has 4 heteroatoms. The van der Waals surface area contributed by atoms with Crippen LogP contribution in [0.2, 0.25) is 0 Å².